The molecule has 0 bridgehead atoms. The monoisotopic (exact) mass is 255 g/mol. The van der Waals surface area contributed by atoms with Crippen LogP contribution in [0.3, 0.4) is 0 Å². The van der Waals surface area contributed by atoms with Crippen LogP contribution in [0.5, 0.6) is 5.75 Å². The molecule has 0 aromatic heterocycles. The molecule has 0 spiro atoms. The van der Waals surface area contributed by atoms with Gasteiger partial charge in [0.1, 0.15) is 5.75 Å². The molecule has 0 heterocycles. The van der Waals surface area contributed by atoms with Crippen LogP contribution in [-0.4, -0.2) is 19.6 Å². The number of ether oxygens (including phenoxy) is 1. The third kappa shape index (κ3) is 4.27. The molecule has 4 heteroatoms. The molecule has 0 atom stereocenters. The van der Waals surface area contributed by atoms with Crippen molar-refractivity contribution in [2.45, 2.75) is 20.3 Å². The van der Waals surface area contributed by atoms with Crippen LogP contribution in [0.25, 0.3) is 0 Å². The molecule has 0 radical (unpaired) electrons. The first-order chi connectivity index (χ1) is 8.04. The van der Waals surface area contributed by atoms with E-state index in [1.165, 1.54) is 0 Å². The van der Waals surface area contributed by atoms with Crippen LogP contribution in [0, 0.1) is 5.92 Å². The normalized spacial score (nSPS) is 10.4. The Hall–Kier alpha value is -1.22. The molecule has 0 aliphatic carbocycles. The average Bonchev–Trinajstić information content (AvgIpc) is 2.28. The molecule has 1 aromatic rings. The molecule has 1 amide bonds. The molecule has 1 rings (SSSR count). The van der Waals surface area contributed by atoms with Gasteiger partial charge in [0.05, 0.1) is 12.1 Å². The van der Waals surface area contributed by atoms with Gasteiger partial charge in [-0.1, -0.05) is 25.4 Å². The third-order valence-electron chi connectivity index (χ3n) is 2.42. The first-order valence-corrected chi connectivity index (χ1v) is 6.04. The highest BCUT2D eigenvalue weighted by Crippen LogP contribution is 2.24. The number of amides is 1. The lowest BCUT2D eigenvalue weighted by Gasteiger charge is -2.08. The summed E-state index contributed by atoms with van der Waals surface area (Å²) in [6.07, 6.45) is 0.968. The van der Waals surface area contributed by atoms with Crippen molar-refractivity contribution in [3.05, 3.63) is 28.8 Å². The van der Waals surface area contributed by atoms with E-state index in [9.17, 15) is 4.79 Å². The smallest absolute Gasteiger partial charge is 0.251 e. The maximum absolute atomic E-state index is 11.8. The van der Waals surface area contributed by atoms with E-state index in [1.807, 2.05) is 0 Å². The van der Waals surface area contributed by atoms with E-state index in [1.54, 1.807) is 25.3 Å². The van der Waals surface area contributed by atoms with Gasteiger partial charge >= 0.3 is 0 Å². The zero-order valence-electron chi connectivity index (χ0n) is 10.4. The number of benzene rings is 1. The number of carbonyl (C=O) groups excluding carboxylic acids is 1. The van der Waals surface area contributed by atoms with Gasteiger partial charge in [-0.2, -0.15) is 0 Å². The van der Waals surface area contributed by atoms with Gasteiger partial charge in [0.15, 0.2) is 0 Å². The number of halogens is 1. The van der Waals surface area contributed by atoms with E-state index in [0.717, 1.165) is 6.42 Å². The van der Waals surface area contributed by atoms with Crippen LogP contribution in [0.1, 0.15) is 30.6 Å². The molecule has 0 aliphatic rings. The quantitative estimate of drug-likeness (QED) is 0.878. The molecule has 0 aliphatic heterocycles. The van der Waals surface area contributed by atoms with Gasteiger partial charge in [-0.3, -0.25) is 4.79 Å². The van der Waals surface area contributed by atoms with Crippen molar-refractivity contribution in [1.82, 2.24) is 5.32 Å². The van der Waals surface area contributed by atoms with Gasteiger partial charge in [-0.15, -0.1) is 0 Å². The minimum absolute atomic E-state index is 0.102. The van der Waals surface area contributed by atoms with E-state index >= 15 is 0 Å². The first-order valence-electron chi connectivity index (χ1n) is 5.66. The summed E-state index contributed by atoms with van der Waals surface area (Å²) in [5, 5.41) is 3.30. The minimum atomic E-state index is -0.102. The number of methoxy groups -OCH3 is 1. The summed E-state index contributed by atoms with van der Waals surface area (Å²) in [5.41, 5.74) is 0.555. The van der Waals surface area contributed by atoms with E-state index in [0.29, 0.717) is 28.8 Å². The molecule has 0 saturated heterocycles. The number of hydrogen-bond donors (Lipinski definition) is 1. The third-order valence-corrected chi connectivity index (χ3v) is 2.72. The number of rotatable bonds is 5. The summed E-state index contributed by atoms with van der Waals surface area (Å²) < 4.78 is 5.03. The summed E-state index contributed by atoms with van der Waals surface area (Å²) in [5.74, 6) is 1.05. The predicted molar refractivity (Wildman–Crippen MR) is 69.8 cm³/mol. The lowest BCUT2D eigenvalue weighted by atomic mass is 10.1. The lowest BCUT2D eigenvalue weighted by molar-refractivity contribution is 0.0952. The maximum Gasteiger partial charge on any atom is 0.251 e. The summed E-state index contributed by atoms with van der Waals surface area (Å²) >= 11 is 5.95. The van der Waals surface area contributed by atoms with Crippen LogP contribution >= 0.6 is 11.6 Å². The van der Waals surface area contributed by atoms with Gasteiger partial charge in [0.2, 0.25) is 0 Å². The fourth-order valence-electron chi connectivity index (χ4n) is 1.38. The molecule has 0 saturated carbocycles. The fraction of sp³-hybridized carbons (Fsp3) is 0.462. The number of nitrogens with one attached hydrogen (secondary N) is 1. The Morgan fingerprint density at radius 3 is 2.71 bits per heavy atom. The Labute approximate surface area is 107 Å². The molecule has 17 heavy (non-hydrogen) atoms. The van der Waals surface area contributed by atoms with Crippen molar-refractivity contribution in [1.29, 1.82) is 0 Å². The maximum atomic E-state index is 11.8. The molecule has 3 nitrogen and oxygen atoms in total. The standard InChI is InChI=1S/C13H18ClNO2/c1-9(2)6-7-15-13(16)10-4-5-12(17-3)11(14)8-10/h4-5,8-9H,6-7H2,1-3H3,(H,15,16). The fourth-order valence-corrected chi connectivity index (χ4v) is 1.64. The summed E-state index contributed by atoms with van der Waals surface area (Å²) in [6.45, 7) is 4.92. The van der Waals surface area contributed by atoms with Crippen LogP contribution in [0.2, 0.25) is 5.02 Å². The topological polar surface area (TPSA) is 38.3 Å². The average molecular weight is 256 g/mol. The van der Waals surface area contributed by atoms with Crippen LogP contribution < -0.4 is 10.1 Å². The van der Waals surface area contributed by atoms with Crippen LogP contribution in [-0.2, 0) is 0 Å². The molecule has 94 valence electrons. The molecule has 0 unspecified atom stereocenters. The van der Waals surface area contributed by atoms with E-state index in [2.05, 4.69) is 19.2 Å². The number of hydrogen-bond acceptors (Lipinski definition) is 2. The van der Waals surface area contributed by atoms with Crippen molar-refractivity contribution in [3.8, 4) is 5.75 Å². The highest BCUT2D eigenvalue weighted by atomic mass is 35.5. The lowest BCUT2D eigenvalue weighted by Crippen LogP contribution is -2.25. The van der Waals surface area contributed by atoms with Gasteiger partial charge in [0.25, 0.3) is 5.91 Å². The number of carbonyl (C=O) groups is 1. The zero-order valence-corrected chi connectivity index (χ0v) is 11.2. The molecule has 1 aromatic carbocycles. The highest BCUT2D eigenvalue weighted by molar-refractivity contribution is 6.32. The minimum Gasteiger partial charge on any atom is -0.495 e. The predicted octanol–water partition coefficient (Wildman–Crippen LogP) is 3.12. The van der Waals surface area contributed by atoms with Gasteiger partial charge in [0, 0.05) is 12.1 Å². The van der Waals surface area contributed by atoms with Crippen molar-refractivity contribution in [3.63, 3.8) is 0 Å². The SMILES string of the molecule is COc1ccc(C(=O)NCCC(C)C)cc1Cl. The summed E-state index contributed by atoms with van der Waals surface area (Å²) in [4.78, 5) is 11.8. The van der Waals surface area contributed by atoms with Crippen molar-refractivity contribution < 1.29 is 9.53 Å². The van der Waals surface area contributed by atoms with E-state index < -0.39 is 0 Å². The van der Waals surface area contributed by atoms with E-state index in [4.69, 9.17) is 16.3 Å². The van der Waals surface area contributed by atoms with Crippen molar-refractivity contribution in [2.75, 3.05) is 13.7 Å². The first kappa shape index (κ1) is 13.8. The second kappa shape index (κ2) is 6.50. The van der Waals surface area contributed by atoms with Crippen LogP contribution in [0.15, 0.2) is 18.2 Å². The zero-order chi connectivity index (χ0) is 12.8. The Bertz CT molecular complexity index is 391. The van der Waals surface area contributed by atoms with Crippen molar-refractivity contribution in [2.24, 2.45) is 5.92 Å². The Balaban J connectivity index is 2.60. The summed E-state index contributed by atoms with van der Waals surface area (Å²) in [7, 11) is 1.55. The van der Waals surface area contributed by atoms with Crippen LogP contribution in [0.4, 0.5) is 0 Å². The largest absolute Gasteiger partial charge is 0.495 e. The molecule has 1 N–H and O–H groups in total. The summed E-state index contributed by atoms with van der Waals surface area (Å²) in [6, 6.07) is 5.01. The molecular weight excluding hydrogens is 238 g/mol. The highest BCUT2D eigenvalue weighted by Gasteiger charge is 2.08. The second-order valence-corrected chi connectivity index (χ2v) is 4.69. The second-order valence-electron chi connectivity index (χ2n) is 4.29. The van der Waals surface area contributed by atoms with Gasteiger partial charge in [-0.25, -0.2) is 0 Å². The molecule has 0 fully saturated rings. The Morgan fingerprint density at radius 2 is 2.18 bits per heavy atom. The Kier molecular flexibility index (Phi) is 5.29. The molecular formula is C13H18ClNO2. The Morgan fingerprint density at radius 1 is 1.47 bits per heavy atom. The van der Waals surface area contributed by atoms with Gasteiger partial charge in [-0.05, 0) is 30.5 Å². The van der Waals surface area contributed by atoms with Gasteiger partial charge < -0.3 is 10.1 Å². The van der Waals surface area contributed by atoms with Crippen molar-refractivity contribution >= 4 is 17.5 Å². The van der Waals surface area contributed by atoms with E-state index in [-0.39, 0.29) is 5.91 Å².